The molecule has 0 bridgehead atoms. The number of halogens is 1. The molecule has 0 spiro atoms. The Morgan fingerprint density at radius 2 is 2.33 bits per heavy atom. The molecule has 0 aliphatic carbocycles. The molecular formula is C13H16ClNO3. The van der Waals surface area contributed by atoms with Gasteiger partial charge in [0.2, 0.25) is 0 Å². The second kappa shape index (κ2) is 5.59. The topological polar surface area (TPSA) is 47.6 Å². The van der Waals surface area contributed by atoms with E-state index in [0.29, 0.717) is 23.1 Å². The Bertz CT molecular complexity index is 456. The summed E-state index contributed by atoms with van der Waals surface area (Å²) in [6.45, 7) is 2.52. The maximum Gasteiger partial charge on any atom is 0.253 e. The predicted molar refractivity (Wildman–Crippen MR) is 70.3 cm³/mol. The molecule has 2 rings (SSSR count). The summed E-state index contributed by atoms with van der Waals surface area (Å²) in [6.07, 6.45) is 1.31. The molecule has 18 heavy (non-hydrogen) atoms. The van der Waals surface area contributed by atoms with Gasteiger partial charge in [-0.25, -0.2) is 0 Å². The van der Waals surface area contributed by atoms with E-state index in [2.05, 4.69) is 5.32 Å². The van der Waals surface area contributed by atoms with Crippen LogP contribution in [-0.2, 0) is 9.53 Å². The number of hydrogen-bond donors (Lipinski definition) is 1. The standard InChI is InChI=1S/C13H16ClNO3/c1-8-6-9(14)7-10(12(8)17-2)15-13(16)11-4-3-5-18-11/h6-7,11H,3-5H2,1-2H3,(H,15,16). The highest BCUT2D eigenvalue weighted by atomic mass is 35.5. The normalized spacial score (nSPS) is 18.7. The van der Waals surface area contributed by atoms with Gasteiger partial charge in [0.05, 0.1) is 12.8 Å². The molecule has 5 heteroatoms. The molecule has 1 unspecified atom stereocenters. The number of anilines is 1. The van der Waals surface area contributed by atoms with E-state index in [4.69, 9.17) is 21.1 Å². The quantitative estimate of drug-likeness (QED) is 0.918. The summed E-state index contributed by atoms with van der Waals surface area (Å²) in [6, 6.07) is 3.47. The molecule has 1 fully saturated rings. The number of hydrogen-bond acceptors (Lipinski definition) is 3. The van der Waals surface area contributed by atoms with Crippen molar-refractivity contribution in [3.05, 3.63) is 22.7 Å². The zero-order valence-electron chi connectivity index (χ0n) is 10.5. The molecule has 1 aromatic carbocycles. The molecule has 1 saturated heterocycles. The van der Waals surface area contributed by atoms with Gasteiger partial charge in [0.25, 0.3) is 5.91 Å². The second-order valence-electron chi connectivity index (χ2n) is 4.29. The number of ether oxygens (including phenoxy) is 2. The van der Waals surface area contributed by atoms with E-state index in [1.54, 1.807) is 19.2 Å². The molecule has 0 saturated carbocycles. The van der Waals surface area contributed by atoms with Gasteiger partial charge < -0.3 is 14.8 Å². The molecule has 1 atom stereocenters. The van der Waals surface area contributed by atoms with Crippen LogP contribution in [-0.4, -0.2) is 25.7 Å². The number of carbonyl (C=O) groups excluding carboxylic acids is 1. The number of benzene rings is 1. The van der Waals surface area contributed by atoms with E-state index in [1.165, 1.54) is 0 Å². The molecule has 1 aliphatic rings. The number of aryl methyl sites for hydroxylation is 1. The van der Waals surface area contributed by atoms with Crippen LogP contribution in [0.2, 0.25) is 5.02 Å². The monoisotopic (exact) mass is 269 g/mol. The number of amides is 1. The van der Waals surface area contributed by atoms with Crippen molar-refractivity contribution < 1.29 is 14.3 Å². The van der Waals surface area contributed by atoms with Crippen molar-refractivity contribution in [2.75, 3.05) is 19.0 Å². The number of carbonyl (C=O) groups is 1. The van der Waals surface area contributed by atoms with E-state index < -0.39 is 0 Å². The number of rotatable bonds is 3. The third kappa shape index (κ3) is 2.76. The fourth-order valence-electron chi connectivity index (χ4n) is 2.09. The smallest absolute Gasteiger partial charge is 0.253 e. The first-order valence-corrected chi connectivity index (χ1v) is 6.26. The SMILES string of the molecule is COc1c(C)cc(Cl)cc1NC(=O)C1CCCO1. The van der Waals surface area contributed by atoms with Gasteiger partial charge in [0, 0.05) is 11.6 Å². The molecule has 4 nitrogen and oxygen atoms in total. The lowest BCUT2D eigenvalue weighted by Crippen LogP contribution is -2.27. The Morgan fingerprint density at radius 1 is 1.56 bits per heavy atom. The summed E-state index contributed by atoms with van der Waals surface area (Å²) in [7, 11) is 1.57. The lowest BCUT2D eigenvalue weighted by atomic mass is 10.1. The second-order valence-corrected chi connectivity index (χ2v) is 4.73. The van der Waals surface area contributed by atoms with Crippen molar-refractivity contribution in [3.8, 4) is 5.75 Å². The van der Waals surface area contributed by atoms with E-state index in [0.717, 1.165) is 18.4 Å². The van der Waals surface area contributed by atoms with E-state index in [9.17, 15) is 4.79 Å². The Hall–Kier alpha value is -1.26. The number of methoxy groups -OCH3 is 1. The Morgan fingerprint density at radius 3 is 2.94 bits per heavy atom. The summed E-state index contributed by atoms with van der Waals surface area (Å²) in [5.74, 6) is 0.484. The molecule has 1 aromatic rings. The van der Waals surface area contributed by atoms with Crippen LogP contribution in [0.1, 0.15) is 18.4 Å². The van der Waals surface area contributed by atoms with E-state index in [1.807, 2.05) is 6.92 Å². The van der Waals surface area contributed by atoms with Crippen molar-refractivity contribution in [1.82, 2.24) is 0 Å². The highest BCUT2D eigenvalue weighted by molar-refractivity contribution is 6.31. The number of nitrogens with one attached hydrogen (secondary N) is 1. The average Bonchev–Trinajstić information content (AvgIpc) is 2.81. The van der Waals surface area contributed by atoms with Crippen LogP contribution in [0.5, 0.6) is 5.75 Å². The highest BCUT2D eigenvalue weighted by Gasteiger charge is 2.24. The molecule has 1 amide bonds. The highest BCUT2D eigenvalue weighted by Crippen LogP contribution is 2.32. The summed E-state index contributed by atoms with van der Waals surface area (Å²) in [5.41, 5.74) is 1.47. The van der Waals surface area contributed by atoms with E-state index >= 15 is 0 Å². The third-order valence-electron chi connectivity index (χ3n) is 2.92. The Balaban J connectivity index is 2.19. The summed E-state index contributed by atoms with van der Waals surface area (Å²) >= 11 is 5.98. The summed E-state index contributed by atoms with van der Waals surface area (Å²) in [5, 5.41) is 3.38. The van der Waals surface area contributed by atoms with Crippen LogP contribution in [0.3, 0.4) is 0 Å². The zero-order valence-corrected chi connectivity index (χ0v) is 11.2. The summed E-state index contributed by atoms with van der Waals surface area (Å²) < 4.78 is 10.6. The van der Waals surface area contributed by atoms with Crippen LogP contribution < -0.4 is 10.1 Å². The van der Waals surface area contributed by atoms with Gasteiger partial charge in [0.1, 0.15) is 11.9 Å². The van der Waals surface area contributed by atoms with Gasteiger partial charge in [0.15, 0.2) is 0 Å². The van der Waals surface area contributed by atoms with Crippen molar-refractivity contribution in [2.45, 2.75) is 25.9 Å². The van der Waals surface area contributed by atoms with Gasteiger partial charge in [-0.2, -0.15) is 0 Å². The zero-order chi connectivity index (χ0) is 13.1. The molecule has 0 aromatic heterocycles. The van der Waals surface area contributed by atoms with Gasteiger partial charge in [-0.15, -0.1) is 0 Å². The van der Waals surface area contributed by atoms with Crippen LogP contribution in [0.25, 0.3) is 0 Å². The predicted octanol–water partition coefficient (Wildman–Crippen LogP) is 2.77. The van der Waals surface area contributed by atoms with Crippen LogP contribution in [0, 0.1) is 6.92 Å². The average molecular weight is 270 g/mol. The summed E-state index contributed by atoms with van der Waals surface area (Å²) in [4.78, 5) is 12.0. The lowest BCUT2D eigenvalue weighted by Gasteiger charge is -2.15. The van der Waals surface area contributed by atoms with Crippen molar-refractivity contribution in [2.24, 2.45) is 0 Å². The maximum atomic E-state index is 12.0. The van der Waals surface area contributed by atoms with Crippen LogP contribution >= 0.6 is 11.6 Å². The van der Waals surface area contributed by atoms with Crippen molar-refractivity contribution >= 4 is 23.2 Å². The first-order valence-electron chi connectivity index (χ1n) is 5.88. The Kier molecular flexibility index (Phi) is 4.09. The van der Waals surface area contributed by atoms with Gasteiger partial charge in [-0.1, -0.05) is 11.6 Å². The van der Waals surface area contributed by atoms with Crippen LogP contribution in [0.4, 0.5) is 5.69 Å². The largest absolute Gasteiger partial charge is 0.494 e. The Labute approximate surface area is 111 Å². The molecule has 1 heterocycles. The minimum atomic E-state index is -0.367. The fraction of sp³-hybridized carbons (Fsp3) is 0.462. The first-order chi connectivity index (χ1) is 8.61. The first kappa shape index (κ1) is 13.2. The van der Waals surface area contributed by atoms with E-state index in [-0.39, 0.29) is 12.0 Å². The molecular weight excluding hydrogens is 254 g/mol. The van der Waals surface area contributed by atoms with Crippen molar-refractivity contribution in [3.63, 3.8) is 0 Å². The van der Waals surface area contributed by atoms with Gasteiger partial charge in [-0.3, -0.25) is 4.79 Å². The minimum Gasteiger partial charge on any atom is -0.494 e. The molecule has 1 N–H and O–H groups in total. The maximum absolute atomic E-state index is 12.0. The van der Waals surface area contributed by atoms with Gasteiger partial charge in [-0.05, 0) is 37.5 Å². The van der Waals surface area contributed by atoms with Gasteiger partial charge >= 0.3 is 0 Å². The molecule has 1 aliphatic heterocycles. The molecule has 98 valence electrons. The fourth-order valence-corrected chi connectivity index (χ4v) is 2.36. The van der Waals surface area contributed by atoms with Crippen molar-refractivity contribution in [1.29, 1.82) is 0 Å². The van der Waals surface area contributed by atoms with Crippen LogP contribution in [0.15, 0.2) is 12.1 Å². The lowest BCUT2D eigenvalue weighted by molar-refractivity contribution is -0.124. The molecule has 0 radical (unpaired) electrons. The minimum absolute atomic E-state index is 0.146. The third-order valence-corrected chi connectivity index (χ3v) is 3.14.